The van der Waals surface area contributed by atoms with Gasteiger partial charge in [-0.15, -0.1) is 11.8 Å². The van der Waals surface area contributed by atoms with Gasteiger partial charge in [-0.2, -0.15) is 0 Å². The standard InChI is InChI=1S/C16H25NO2S/c1-16(2,3)17-10-13(18)11-19-14-8-4-6-12-7-5-9-20-15(12)14/h4,6,8,13,17-18H,5,7,9-11H2,1-3H3/p+1/t13-/m1/s1. The Kier molecular flexibility index (Phi) is 5.35. The number of thioether (sulfide) groups is 1. The molecule has 20 heavy (non-hydrogen) atoms. The molecule has 1 atom stereocenters. The van der Waals surface area contributed by atoms with Gasteiger partial charge in [0.05, 0.1) is 10.4 Å². The number of quaternary nitrogens is 1. The van der Waals surface area contributed by atoms with Gasteiger partial charge in [0.1, 0.15) is 25.0 Å². The van der Waals surface area contributed by atoms with E-state index < -0.39 is 6.10 Å². The Morgan fingerprint density at radius 2 is 2.20 bits per heavy atom. The molecule has 0 radical (unpaired) electrons. The van der Waals surface area contributed by atoms with Gasteiger partial charge in [-0.05, 0) is 51.0 Å². The second kappa shape index (κ2) is 6.83. The number of hydrogen-bond acceptors (Lipinski definition) is 3. The van der Waals surface area contributed by atoms with Gasteiger partial charge < -0.3 is 15.2 Å². The third-order valence-corrected chi connectivity index (χ3v) is 4.58. The molecular weight excluding hydrogens is 270 g/mol. The van der Waals surface area contributed by atoms with Crippen molar-refractivity contribution in [3.8, 4) is 5.75 Å². The molecule has 0 unspecified atom stereocenters. The summed E-state index contributed by atoms with van der Waals surface area (Å²) in [6.45, 7) is 7.47. The average Bonchev–Trinajstić information content (AvgIpc) is 2.42. The molecule has 0 spiro atoms. The maximum atomic E-state index is 10.0. The molecule has 0 aliphatic carbocycles. The van der Waals surface area contributed by atoms with Crippen molar-refractivity contribution in [3.63, 3.8) is 0 Å². The van der Waals surface area contributed by atoms with Crippen molar-refractivity contribution in [2.24, 2.45) is 0 Å². The van der Waals surface area contributed by atoms with Crippen LogP contribution in [-0.2, 0) is 6.42 Å². The number of fused-ring (bicyclic) bond motifs is 1. The number of aliphatic hydroxyl groups excluding tert-OH is 1. The summed E-state index contributed by atoms with van der Waals surface area (Å²) in [7, 11) is 0. The zero-order valence-electron chi connectivity index (χ0n) is 12.7. The SMILES string of the molecule is CC(C)(C)[NH2+]C[C@@H](O)COc1cccc2c1SCCC2. The largest absolute Gasteiger partial charge is 0.489 e. The van der Waals surface area contributed by atoms with Gasteiger partial charge in [-0.25, -0.2) is 0 Å². The molecule has 3 N–H and O–H groups in total. The minimum absolute atomic E-state index is 0.142. The second-order valence-corrected chi connectivity index (χ2v) is 7.57. The van der Waals surface area contributed by atoms with E-state index >= 15 is 0 Å². The number of aryl methyl sites for hydroxylation is 1. The van der Waals surface area contributed by atoms with E-state index in [1.807, 2.05) is 23.9 Å². The summed E-state index contributed by atoms with van der Waals surface area (Å²) in [5, 5.41) is 12.2. The van der Waals surface area contributed by atoms with Crippen LogP contribution in [-0.4, -0.2) is 35.7 Å². The van der Waals surface area contributed by atoms with E-state index in [-0.39, 0.29) is 5.54 Å². The van der Waals surface area contributed by atoms with E-state index in [4.69, 9.17) is 4.74 Å². The van der Waals surface area contributed by atoms with Crippen LogP contribution in [0.5, 0.6) is 5.75 Å². The Bertz CT molecular complexity index is 443. The fourth-order valence-corrected chi connectivity index (χ4v) is 3.33. The molecule has 1 aromatic rings. The van der Waals surface area contributed by atoms with Crippen molar-refractivity contribution >= 4 is 11.8 Å². The van der Waals surface area contributed by atoms with Crippen molar-refractivity contribution in [2.45, 2.75) is 50.2 Å². The lowest BCUT2D eigenvalue weighted by molar-refractivity contribution is -0.722. The summed E-state index contributed by atoms with van der Waals surface area (Å²) in [5.41, 5.74) is 1.53. The number of aliphatic hydroxyl groups is 1. The first-order valence-electron chi connectivity index (χ1n) is 7.35. The number of nitrogens with two attached hydrogens (primary N) is 1. The summed E-state index contributed by atoms with van der Waals surface area (Å²) in [6, 6.07) is 6.24. The quantitative estimate of drug-likeness (QED) is 0.871. The van der Waals surface area contributed by atoms with Crippen LogP contribution in [0.3, 0.4) is 0 Å². The highest BCUT2D eigenvalue weighted by atomic mass is 32.2. The molecule has 0 fully saturated rings. The van der Waals surface area contributed by atoms with Gasteiger partial charge in [0.2, 0.25) is 0 Å². The molecule has 1 aromatic carbocycles. The Morgan fingerprint density at radius 3 is 2.95 bits per heavy atom. The van der Waals surface area contributed by atoms with Crippen molar-refractivity contribution in [3.05, 3.63) is 23.8 Å². The van der Waals surface area contributed by atoms with Gasteiger partial charge in [-0.1, -0.05) is 12.1 Å². The average molecular weight is 296 g/mol. The summed E-state index contributed by atoms with van der Waals surface area (Å²) in [6.07, 6.45) is 1.95. The first kappa shape index (κ1) is 15.7. The number of hydrogen-bond donors (Lipinski definition) is 2. The second-order valence-electron chi connectivity index (χ2n) is 6.47. The van der Waals surface area contributed by atoms with Crippen molar-refractivity contribution in [1.29, 1.82) is 0 Å². The predicted molar refractivity (Wildman–Crippen MR) is 83.5 cm³/mol. The Labute approximate surface area is 126 Å². The van der Waals surface area contributed by atoms with Crippen LogP contribution in [0.1, 0.15) is 32.8 Å². The molecule has 0 aromatic heterocycles. The van der Waals surface area contributed by atoms with Crippen LogP contribution in [0.15, 0.2) is 23.1 Å². The van der Waals surface area contributed by atoms with Crippen LogP contribution in [0.4, 0.5) is 0 Å². The van der Waals surface area contributed by atoms with Crippen molar-refractivity contribution < 1.29 is 15.2 Å². The molecule has 2 rings (SSSR count). The molecule has 3 nitrogen and oxygen atoms in total. The molecule has 0 amide bonds. The zero-order chi connectivity index (χ0) is 14.6. The highest BCUT2D eigenvalue weighted by molar-refractivity contribution is 7.99. The number of rotatable bonds is 5. The van der Waals surface area contributed by atoms with Gasteiger partial charge in [0, 0.05) is 0 Å². The molecule has 1 aliphatic rings. The minimum atomic E-state index is -0.432. The Hall–Kier alpha value is -0.710. The summed E-state index contributed by atoms with van der Waals surface area (Å²) < 4.78 is 5.84. The molecule has 0 saturated carbocycles. The number of benzene rings is 1. The number of ether oxygens (including phenoxy) is 1. The van der Waals surface area contributed by atoms with E-state index in [2.05, 4.69) is 32.2 Å². The highest BCUT2D eigenvalue weighted by Gasteiger charge is 2.18. The maximum absolute atomic E-state index is 10.0. The van der Waals surface area contributed by atoms with E-state index in [1.165, 1.54) is 16.9 Å². The molecule has 1 heterocycles. The predicted octanol–water partition coefficient (Wildman–Crippen LogP) is 1.83. The van der Waals surface area contributed by atoms with E-state index in [0.29, 0.717) is 13.2 Å². The first-order valence-corrected chi connectivity index (χ1v) is 8.34. The molecule has 0 bridgehead atoms. The van der Waals surface area contributed by atoms with Gasteiger partial charge in [-0.3, -0.25) is 0 Å². The minimum Gasteiger partial charge on any atom is -0.489 e. The highest BCUT2D eigenvalue weighted by Crippen LogP contribution is 2.37. The lowest BCUT2D eigenvalue weighted by Crippen LogP contribution is -2.96. The van der Waals surface area contributed by atoms with Gasteiger partial charge >= 0.3 is 0 Å². The molecule has 112 valence electrons. The summed E-state index contributed by atoms with van der Waals surface area (Å²) in [5.74, 6) is 2.09. The fraction of sp³-hybridized carbons (Fsp3) is 0.625. The lowest BCUT2D eigenvalue weighted by Gasteiger charge is -2.21. The van der Waals surface area contributed by atoms with E-state index in [1.54, 1.807) is 0 Å². The van der Waals surface area contributed by atoms with Crippen LogP contribution in [0, 0.1) is 0 Å². The van der Waals surface area contributed by atoms with Crippen LogP contribution < -0.4 is 10.1 Å². The Morgan fingerprint density at radius 1 is 1.40 bits per heavy atom. The third kappa shape index (κ3) is 4.69. The van der Waals surface area contributed by atoms with Crippen LogP contribution in [0.2, 0.25) is 0 Å². The summed E-state index contributed by atoms with van der Waals surface area (Å²) >= 11 is 1.87. The lowest BCUT2D eigenvalue weighted by atomic mass is 10.1. The zero-order valence-corrected chi connectivity index (χ0v) is 13.5. The van der Waals surface area contributed by atoms with Crippen molar-refractivity contribution in [2.75, 3.05) is 18.9 Å². The van der Waals surface area contributed by atoms with E-state index in [0.717, 1.165) is 17.9 Å². The first-order chi connectivity index (χ1) is 9.46. The van der Waals surface area contributed by atoms with Crippen LogP contribution >= 0.6 is 11.8 Å². The molecular formula is C16H26NO2S+. The topological polar surface area (TPSA) is 46.1 Å². The molecule has 0 saturated heterocycles. The monoisotopic (exact) mass is 296 g/mol. The third-order valence-electron chi connectivity index (χ3n) is 3.33. The Balaban J connectivity index is 1.88. The normalized spacial score (nSPS) is 16.6. The molecule has 1 aliphatic heterocycles. The summed E-state index contributed by atoms with van der Waals surface area (Å²) in [4.78, 5) is 1.27. The molecule has 4 heteroatoms. The maximum Gasteiger partial charge on any atom is 0.137 e. The fourth-order valence-electron chi connectivity index (χ4n) is 2.22. The van der Waals surface area contributed by atoms with Gasteiger partial charge in [0.15, 0.2) is 0 Å². The van der Waals surface area contributed by atoms with Gasteiger partial charge in [0.25, 0.3) is 0 Å². The van der Waals surface area contributed by atoms with E-state index in [9.17, 15) is 5.11 Å². The van der Waals surface area contributed by atoms with Crippen LogP contribution in [0.25, 0.3) is 0 Å². The van der Waals surface area contributed by atoms with Crippen molar-refractivity contribution in [1.82, 2.24) is 0 Å². The smallest absolute Gasteiger partial charge is 0.137 e.